The third kappa shape index (κ3) is 14.1. The maximum atomic E-state index is 14.1. The molecule has 0 saturated heterocycles. The first kappa shape index (κ1) is 39.5. The molecule has 0 spiro atoms. The second kappa shape index (κ2) is 18.8. The van der Waals surface area contributed by atoms with E-state index in [2.05, 4.69) is 30.6 Å². The molecule has 1 saturated carbocycles. The molecule has 1 aliphatic rings. The van der Waals surface area contributed by atoms with Crippen LogP contribution in [-0.4, -0.2) is 77.8 Å². The fourth-order valence-corrected chi connectivity index (χ4v) is 7.34. The van der Waals surface area contributed by atoms with Crippen LogP contribution in [0.5, 0.6) is 0 Å². The summed E-state index contributed by atoms with van der Waals surface area (Å²) in [6.45, 7) is 4.85. The first-order valence-corrected chi connectivity index (χ1v) is 19.2. The third-order valence-electron chi connectivity index (χ3n) is 8.72. The summed E-state index contributed by atoms with van der Waals surface area (Å²) in [5, 5.41) is 19.8. The van der Waals surface area contributed by atoms with Crippen molar-refractivity contribution in [2.24, 2.45) is 5.92 Å². The van der Waals surface area contributed by atoms with E-state index in [1.165, 1.54) is 6.33 Å². The van der Waals surface area contributed by atoms with Crippen molar-refractivity contribution in [2.75, 3.05) is 6.54 Å². The van der Waals surface area contributed by atoms with Crippen molar-refractivity contribution in [1.29, 1.82) is 0 Å². The first-order chi connectivity index (χ1) is 24.3. The van der Waals surface area contributed by atoms with Crippen molar-refractivity contribution in [3.05, 3.63) is 90.0 Å². The van der Waals surface area contributed by atoms with Gasteiger partial charge in [-0.15, -0.1) is 0 Å². The van der Waals surface area contributed by atoms with Gasteiger partial charge in [-0.2, -0.15) is 0 Å². The normalized spacial score (nSPS) is 16.3. The molecule has 278 valence electrons. The summed E-state index contributed by atoms with van der Waals surface area (Å²) in [6.07, 6.45) is 6.67. The Morgan fingerprint density at radius 3 is 2.10 bits per heavy atom. The lowest BCUT2D eigenvalue weighted by Crippen LogP contribution is -2.58. The average molecular weight is 725 g/mol. The lowest BCUT2D eigenvalue weighted by molar-refractivity contribution is -0.131. The summed E-state index contributed by atoms with van der Waals surface area (Å²) in [5.41, 5.74) is 1.17. The predicted octanol–water partition coefficient (Wildman–Crippen LogP) is 3.51. The van der Waals surface area contributed by atoms with E-state index in [-0.39, 0.29) is 31.1 Å². The van der Waals surface area contributed by atoms with Crippen LogP contribution in [0.1, 0.15) is 76.1 Å². The Hall–Kier alpha value is -4.27. The zero-order valence-electron chi connectivity index (χ0n) is 29.6. The molecule has 1 heterocycles. The highest BCUT2D eigenvalue weighted by Gasteiger charge is 2.33. The van der Waals surface area contributed by atoms with Crippen LogP contribution in [0.4, 0.5) is 4.79 Å². The molecule has 3 aromatic rings. The largest absolute Gasteiger partial charge is 0.444 e. The van der Waals surface area contributed by atoms with Gasteiger partial charge >= 0.3 is 6.09 Å². The Balaban J connectivity index is 1.52. The second-order valence-corrected chi connectivity index (χ2v) is 16.1. The highest BCUT2D eigenvalue weighted by molar-refractivity contribution is 7.88. The minimum Gasteiger partial charge on any atom is -0.444 e. The fraction of sp³-hybridized carbons (Fsp3) is 0.514. The number of nitrogens with one attached hydrogen (secondary N) is 5. The van der Waals surface area contributed by atoms with E-state index >= 15 is 0 Å². The highest BCUT2D eigenvalue weighted by atomic mass is 32.2. The van der Waals surface area contributed by atoms with E-state index in [1.54, 1.807) is 57.3 Å². The maximum absolute atomic E-state index is 14.1. The molecule has 1 aliphatic carbocycles. The highest BCUT2D eigenvalue weighted by Crippen LogP contribution is 2.28. The Morgan fingerprint density at radius 1 is 0.882 bits per heavy atom. The van der Waals surface area contributed by atoms with Gasteiger partial charge in [-0.25, -0.2) is 22.9 Å². The van der Waals surface area contributed by atoms with Crippen molar-refractivity contribution in [2.45, 2.75) is 108 Å². The molecule has 1 fully saturated rings. The Labute approximate surface area is 300 Å². The lowest BCUT2D eigenvalue weighted by atomic mass is 9.83. The number of aliphatic hydroxyl groups is 1. The average Bonchev–Trinajstić information content (AvgIpc) is 3.60. The Bertz CT molecular complexity index is 1630. The summed E-state index contributed by atoms with van der Waals surface area (Å²) in [7, 11) is -3.78. The molecule has 4 rings (SSSR count). The van der Waals surface area contributed by atoms with Crippen LogP contribution in [-0.2, 0) is 42.9 Å². The van der Waals surface area contributed by atoms with Crippen LogP contribution < -0.4 is 20.7 Å². The fourth-order valence-electron chi connectivity index (χ4n) is 6.18. The number of nitrogens with zero attached hydrogens (tertiary/aromatic N) is 1. The zero-order chi connectivity index (χ0) is 36.9. The van der Waals surface area contributed by atoms with Crippen LogP contribution in [0, 0.1) is 5.92 Å². The number of aliphatic hydroxyl groups excluding tert-OH is 1. The number of aromatic nitrogens is 2. The topological polar surface area (TPSA) is 192 Å². The van der Waals surface area contributed by atoms with Gasteiger partial charge in [-0.3, -0.25) is 9.59 Å². The van der Waals surface area contributed by atoms with Gasteiger partial charge in [0.1, 0.15) is 17.7 Å². The monoisotopic (exact) mass is 724 g/mol. The van der Waals surface area contributed by atoms with Gasteiger partial charge in [-0.05, 0) is 44.2 Å². The minimum atomic E-state index is -3.78. The Morgan fingerprint density at radius 2 is 1.49 bits per heavy atom. The van der Waals surface area contributed by atoms with Crippen LogP contribution in [0.3, 0.4) is 0 Å². The number of carbonyl (C=O) groups is 3. The van der Waals surface area contributed by atoms with E-state index in [9.17, 15) is 27.9 Å². The summed E-state index contributed by atoms with van der Waals surface area (Å²) in [5.74, 6) is -1.20. The summed E-state index contributed by atoms with van der Waals surface area (Å²) < 4.78 is 33.7. The number of rotatable bonds is 17. The van der Waals surface area contributed by atoms with Crippen molar-refractivity contribution in [1.82, 2.24) is 30.6 Å². The number of amides is 3. The molecule has 0 radical (unpaired) electrons. The lowest BCUT2D eigenvalue weighted by Gasteiger charge is -2.32. The van der Waals surface area contributed by atoms with Crippen molar-refractivity contribution >= 4 is 27.9 Å². The first-order valence-electron chi connectivity index (χ1n) is 17.6. The summed E-state index contributed by atoms with van der Waals surface area (Å²) >= 11 is 0. The second-order valence-electron chi connectivity index (χ2n) is 14.2. The van der Waals surface area contributed by atoms with E-state index in [1.807, 2.05) is 30.3 Å². The van der Waals surface area contributed by atoms with Gasteiger partial charge < -0.3 is 30.8 Å². The third-order valence-corrected chi connectivity index (χ3v) is 10.0. The SMILES string of the molecule is CC(C)(C)OC(=O)N[C@@H](Cc1ccccc1)C(=O)N[C@@H](Cc1cnc[nH]1)C(=O)N[C@@H](CC1CCCCC1)[C@@H](O)CNS(=O)(=O)Cc1ccccc1. The molecule has 1 aromatic heterocycles. The molecular weight excluding hydrogens is 673 g/mol. The maximum Gasteiger partial charge on any atom is 0.408 e. The number of imidazole rings is 1. The Kier molecular flexibility index (Phi) is 14.6. The van der Waals surface area contributed by atoms with Crippen LogP contribution in [0.2, 0.25) is 0 Å². The van der Waals surface area contributed by atoms with E-state index in [0.29, 0.717) is 17.7 Å². The standard InChI is InChI=1S/C37H52N6O7S/c1-37(2,3)50-36(47)43-31(20-27-15-9-5-10-16-27)34(45)42-32(21-29-22-38-25-39-29)35(46)41-30(19-26-13-7-4-8-14-26)33(44)23-40-51(48,49)24-28-17-11-6-12-18-28/h5-6,9-12,15-18,22,25-26,30-33,40,44H,4,7-8,13-14,19-21,23-24H2,1-3H3,(H,38,39)(H,41,46)(H,42,45)(H,43,47)/t30-,31-,32-,33-/m0/s1. The molecule has 13 nitrogen and oxygen atoms in total. The van der Waals surface area contributed by atoms with Crippen molar-refractivity contribution in [3.63, 3.8) is 0 Å². The summed E-state index contributed by atoms with van der Waals surface area (Å²) in [6, 6.07) is 14.9. The number of H-pyrrole nitrogens is 1. The molecule has 0 unspecified atom stereocenters. The zero-order valence-corrected chi connectivity index (χ0v) is 30.5. The number of hydrogen-bond donors (Lipinski definition) is 6. The van der Waals surface area contributed by atoms with Crippen LogP contribution in [0.25, 0.3) is 0 Å². The van der Waals surface area contributed by atoms with Gasteiger partial charge in [0.15, 0.2) is 0 Å². The van der Waals surface area contributed by atoms with E-state index in [4.69, 9.17) is 4.74 Å². The smallest absolute Gasteiger partial charge is 0.408 e. The minimum absolute atomic E-state index is 0.0397. The van der Waals surface area contributed by atoms with E-state index in [0.717, 1.165) is 37.7 Å². The number of alkyl carbamates (subject to hydrolysis) is 1. The van der Waals surface area contributed by atoms with E-state index < -0.39 is 57.8 Å². The predicted molar refractivity (Wildman–Crippen MR) is 194 cm³/mol. The number of sulfonamides is 1. The van der Waals surface area contributed by atoms with Gasteiger partial charge in [0.2, 0.25) is 21.8 Å². The van der Waals surface area contributed by atoms with Gasteiger partial charge in [0.05, 0.1) is 24.2 Å². The molecule has 0 bridgehead atoms. The number of benzene rings is 2. The van der Waals surface area contributed by atoms with Gasteiger partial charge in [0, 0.05) is 31.3 Å². The van der Waals surface area contributed by atoms with Gasteiger partial charge in [0.25, 0.3) is 0 Å². The number of carbonyl (C=O) groups excluding carboxylic acids is 3. The molecule has 6 N–H and O–H groups in total. The molecule has 2 aromatic carbocycles. The van der Waals surface area contributed by atoms with Crippen LogP contribution in [0.15, 0.2) is 73.2 Å². The number of hydrogen-bond acceptors (Lipinski definition) is 8. The molecular formula is C37H52N6O7S. The van der Waals surface area contributed by atoms with Crippen LogP contribution >= 0.6 is 0 Å². The summed E-state index contributed by atoms with van der Waals surface area (Å²) in [4.78, 5) is 47.8. The molecule has 14 heteroatoms. The van der Waals surface area contributed by atoms with Gasteiger partial charge in [-0.1, -0.05) is 92.8 Å². The molecule has 0 aliphatic heterocycles. The van der Waals surface area contributed by atoms with Crippen molar-refractivity contribution in [3.8, 4) is 0 Å². The molecule has 51 heavy (non-hydrogen) atoms. The number of aromatic amines is 1. The molecule has 3 amide bonds. The molecule has 4 atom stereocenters. The van der Waals surface area contributed by atoms with Crippen molar-refractivity contribution < 1.29 is 32.6 Å². The number of ether oxygens (including phenoxy) is 1. The quantitative estimate of drug-likeness (QED) is 0.122.